The quantitative estimate of drug-likeness (QED) is 0.244. The Hall–Kier alpha value is 0.179. The van der Waals surface area contributed by atoms with Gasteiger partial charge in [0.05, 0.1) is 11.9 Å². The fraction of sp³-hybridized carbons (Fsp3) is 0.500. The van der Waals surface area contributed by atoms with Crippen LogP contribution >= 0.6 is 0 Å². The van der Waals surface area contributed by atoms with Crippen molar-refractivity contribution >= 4 is 35.8 Å². The predicted octanol–water partition coefficient (Wildman–Crippen LogP) is -21.1. The van der Waals surface area contributed by atoms with E-state index in [2.05, 4.69) is 0 Å². The number of carbonyl (C=O) groups excluding carboxylic acids is 6. The summed E-state index contributed by atoms with van der Waals surface area (Å²) in [6.45, 7) is 0. The number of aliphatic hydroxyl groups is 2. The first-order valence-electron chi connectivity index (χ1n) is 6.23. The van der Waals surface area contributed by atoms with Crippen molar-refractivity contribution in [1.82, 2.24) is 0 Å². The Morgan fingerprint density at radius 1 is 0.500 bits per heavy atom. The molecule has 0 saturated heterocycles. The number of carboxylic acids is 6. The van der Waals surface area contributed by atoms with Gasteiger partial charge < -0.3 is 80.6 Å². The molecule has 0 unspecified atom stereocenters. The van der Waals surface area contributed by atoms with Gasteiger partial charge in [0.2, 0.25) is 0 Å². The summed E-state index contributed by atoms with van der Waals surface area (Å²) in [7, 11) is 0. The zero-order valence-corrected chi connectivity index (χ0v) is 24.1. The third-order valence-electron chi connectivity index (χ3n) is 2.51. The maximum atomic E-state index is 10.1. The number of carbonyl (C=O) groups is 6. The molecule has 0 bridgehead atoms. The molecule has 0 amide bonds. The summed E-state index contributed by atoms with van der Waals surface area (Å²) in [5.41, 5.74) is -5.95. The van der Waals surface area contributed by atoms with Gasteiger partial charge in [-0.15, -0.1) is 0 Å². The zero-order chi connectivity index (χ0) is 21.3. The first-order chi connectivity index (χ1) is 11.6. The van der Waals surface area contributed by atoms with Crippen LogP contribution in [-0.4, -0.2) is 68.2 Å². The van der Waals surface area contributed by atoms with Gasteiger partial charge in [0, 0.05) is 49.6 Å². The Bertz CT molecular complexity index is 529. The predicted molar refractivity (Wildman–Crippen MR) is 65.6 cm³/mol. The van der Waals surface area contributed by atoms with Crippen LogP contribution in [0, 0.1) is 0 Å². The van der Waals surface area contributed by atoms with Gasteiger partial charge in [-0.25, -0.2) is 0 Å². The molecule has 169 valence electrons. The molecule has 20 heteroatoms. The maximum Gasteiger partial charge on any atom is 3.00 e. The molecule has 0 fully saturated rings. The zero-order valence-electron chi connectivity index (χ0n) is 17.0. The smallest absolute Gasteiger partial charge is 0.550 e. The molecule has 0 spiro atoms. The van der Waals surface area contributed by atoms with E-state index in [0.717, 1.165) is 0 Å². The summed E-state index contributed by atoms with van der Waals surface area (Å²) < 4.78 is 0. The molecule has 16 nitrogen and oxygen atoms in total. The van der Waals surface area contributed by atoms with E-state index in [4.69, 9.17) is 10.2 Å². The molecule has 6 N–H and O–H groups in total. The third-order valence-corrected chi connectivity index (χ3v) is 2.51. The first-order valence-corrected chi connectivity index (χ1v) is 6.23. The fourth-order valence-electron chi connectivity index (χ4n) is 1.37. The number of aliphatic carboxylic acids is 6. The Labute approximate surface area is 256 Å². The number of carboxylic acid groups (broad SMARTS) is 6. The summed E-state index contributed by atoms with van der Waals surface area (Å²) in [4.78, 5) is 60.0. The summed E-state index contributed by atoms with van der Waals surface area (Å²) in [5, 5.41) is 77.9. The molecule has 1 radical (unpaired) electrons. The molecule has 0 rings (SSSR count). The van der Waals surface area contributed by atoms with Crippen molar-refractivity contribution in [1.29, 1.82) is 0 Å². The fourth-order valence-corrected chi connectivity index (χ4v) is 1.37. The second-order valence-corrected chi connectivity index (χ2v) is 4.83. The Kier molecular flexibility index (Phi) is 40.6. The van der Waals surface area contributed by atoms with Gasteiger partial charge in [0.15, 0.2) is 0 Å². The Morgan fingerprint density at radius 3 is 0.688 bits per heavy atom. The topological polar surface area (TPSA) is 344 Å². The molecular formula is C12H14FeNa3O16. The van der Waals surface area contributed by atoms with Crippen LogP contribution in [0.2, 0.25) is 0 Å². The molecule has 0 heterocycles. The minimum absolute atomic E-state index is 0. The average molecular weight is 539 g/mol. The number of hydrogen-bond acceptors (Lipinski definition) is 14. The average Bonchev–Trinajstić information content (AvgIpc) is 2.34. The molecule has 0 aromatic rings. The van der Waals surface area contributed by atoms with Crippen molar-refractivity contribution in [2.24, 2.45) is 0 Å². The third kappa shape index (κ3) is 24.8. The summed E-state index contributed by atoms with van der Waals surface area (Å²) >= 11 is 0. The van der Waals surface area contributed by atoms with Crippen molar-refractivity contribution in [3.63, 3.8) is 0 Å². The van der Waals surface area contributed by atoms with Gasteiger partial charge in [0.1, 0.15) is 11.2 Å². The minimum atomic E-state index is -2.97. The Balaban J connectivity index is -0.0000000505. The van der Waals surface area contributed by atoms with Crippen LogP contribution in [0.15, 0.2) is 0 Å². The van der Waals surface area contributed by atoms with Gasteiger partial charge in [-0.2, -0.15) is 0 Å². The summed E-state index contributed by atoms with van der Waals surface area (Å²) in [6.07, 6.45) is -5.43. The van der Waals surface area contributed by atoms with Gasteiger partial charge >= 0.3 is 106 Å². The van der Waals surface area contributed by atoms with Crippen LogP contribution in [0.25, 0.3) is 0 Å². The largest absolute Gasteiger partial charge is 3.00 e. The van der Waals surface area contributed by atoms with Crippen LogP contribution in [0.3, 0.4) is 0 Å². The second-order valence-electron chi connectivity index (χ2n) is 4.83. The van der Waals surface area contributed by atoms with Gasteiger partial charge in [-0.3, -0.25) is 0 Å². The van der Waals surface area contributed by atoms with Crippen LogP contribution in [-0.2, 0) is 45.8 Å². The molecule has 32 heavy (non-hydrogen) atoms. The van der Waals surface area contributed by atoms with Crippen LogP contribution in [0.5, 0.6) is 0 Å². The van der Waals surface area contributed by atoms with Gasteiger partial charge in [0.25, 0.3) is 0 Å². The normalized spacial score (nSPS) is 8.81. The van der Waals surface area contributed by atoms with Gasteiger partial charge in [-0.1, -0.05) is 0 Å². The molecule has 0 aliphatic heterocycles. The number of hydrogen-bond donors (Lipinski definition) is 2. The van der Waals surface area contributed by atoms with E-state index in [9.17, 15) is 59.4 Å². The van der Waals surface area contributed by atoms with Crippen LogP contribution < -0.4 is 119 Å². The van der Waals surface area contributed by atoms with Crippen molar-refractivity contribution in [3.8, 4) is 0 Å². The van der Waals surface area contributed by atoms with Crippen LogP contribution in [0.1, 0.15) is 25.7 Å². The molecule has 0 saturated carbocycles. The molecule has 0 aromatic carbocycles. The summed E-state index contributed by atoms with van der Waals surface area (Å²) in [6, 6.07) is 0. The van der Waals surface area contributed by atoms with Gasteiger partial charge in [-0.05, 0) is 0 Å². The van der Waals surface area contributed by atoms with E-state index in [1.807, 2.05) is 0 Å². The van der Waals surface area contributed by atoms with Crippen molar-refractivity contribution in [2.75, 3.05) is 0 Å². The summed E-state index contributed by atoms with van der Waals surface area (Å²) in [5.74, 6) is -12.0. The molecule has 0 aliphatic rings. The van der Waals surface area contributed by atoms with E-state index < -0.39 is 72.7 Å². The van der Waals surface area contributed by atoms with E-state index in [1.165, 1.54) is 0 Å². The van der Waals surface area contributed by atoms with E-state index in [-0.39, 0.29) is 117 Å². The van der Waals surface area contributed by atoms with Crippen molar-refractivity contribution in [3.05, 3.63) is 0 Å². The van der Waals surface area contributed by atoms with E-state index in [0.29, 0.717) is 0 Å². The number of rotatable bonds is 10. The first kappa shape index (κ1) is 53.5. The molecular weight excluding hydrogens is 525 g/mol. The Morgan fingerprint density at radius 2 is 0.625 bits per heavy atom. The molecule has 0 atom stereocenters. The molecule has 0 aromatic heterocycles. The monoisotopic (exact) mass is 539 g/mol. The minimum Gasteiger partial charge on any atom is -0.550 e. The maximum absolute atomic E-state index is 10.1. The van der Waals surface area contributed by atoms with Crippen molar-refractivity contribution < 1.29 is 186 Å². The van der Waals surface area contributed by atoms with Crippen LogP contribution in [0.4, 0.5) is 0 Å². The molecule has 0 aliphatic carbocycles. The standard InChI is InChI=1S/2C6H8O7.Fe.3Na.2H2O/c2*7-3(8)1-6(13,5(11)12)2-4(9)10;;;;;;/h2*13H,1-2H2,(H,7,8)(H,9,10)(H,11,12);;;;;2*1H2/q;;+3;3*+1;;/p-6. The second kappa shape index (κ2) is 24.3. The SMILES string of the molecule is O.O.O=C([O-])CC(O)(CC(=O)[O-])C(=O)[O-].O=C([O-])CC(O)(CC(=O)[O-])C(=O)[O-].[Fe+3].[Na+].[Na+].[Na+]. The van der Waals surface area contributed by atoms with Crippen molar-refractivity contribution in [2.45, 2.75) is 36.9 Å². The van der Waals surface area contributed by atoms with E-state index >= 15 is 0 Å². The van der Waals surface area contributed by atoms with E-state index in [1.54, 1.807) is 0 Å².